The summed E-state index contributed by atoms with van der Waals surface area (Å²) >= 11 is 7.29. The Morgan fingerprint density at radius 3 is 2.39 bits per heavy atom. The zero-order chi connectivity index (χ0) is 23.0. The van der Waals surface area contributed by atoms with Crippen LogP contribution in [0.3, 0.4) is 0 Å². The van der Waals surface area contributed by atoms with E-state index in [2.05, 4.69) is 18.1 Å². The number of nitrogens with zero attached hydrogens (tertiary/aromatic N) is 1. The van der Waals surface area contributed by atoms with Crippen molar-refractivity contribution in [2.24, 2.45) is 11.5 Å². The molecular weight excluding hydrogens is 430 g/mol. The van der Waals surface area contributed by atoms with E-state index >= 15 is 0 Å². The molecule has 5 nitrogen and oxygen atoms in total. The van der Waals surface area contributed by atoms with E-state index in [-0.39, 0.29) is 0 Å². The maximum Gasteiger partial charge on any atom is 0.189 e. The topological polar surface area (TPSA) is 94.4 Å². The van der Waals surface area contributed by atoms with Gasteiger partial charge in [-0.2, -0.15) is 0 Å². The number of nitrogens with two attached hydrogens (primary N) is 2. The summed E-state index contributed by atoms with van der Waals surface area (Å²) < 4.78 is 6.01. The first-order valence-corrected chi connectivity index (χ1v) is 10.5. The molecule has 2 aromatic rings. The molecule has 1 aromatic heterocycles. The third-order valence-corrected chi connectivity index (χ3v) is 5.40. The first-order valence-electron chi connectivity index (χ1n) is 9.35. The predicted octanol–water partition coefficient (Wildman–Crippen LogP) is 5.37. The standard InChI is InChI=1S/C24H26ClN3O2S/c1-16(24(3,4)29)8-9-18(15-26)22(27)23(31-20-12-10-19(25)11-13-20)30-17(2)21-7-5-6-14-28-21/h5-15,29H,1-2,26-27H2,3-4H3/b9-8-,18-15+,23-22+. The van der Waals surface area contributed by atoms with Crippen LogP contribution in [0.15, 0.2) is 107 Å². The van der Waals surface area contributed by atoms with Crippen LogP contribution in [0.5, 0.6) is 0 Å². The van der Waals surface area contributed by atoms with Gasteiger partial charge in [0.05, 0.1) is 11.3 Å². The quantitative estimate of drug-likeness (QED) is 0.267. The van der Waals surface area contributed by atoms with Crippen LogP contribution < -0.4 is 11.5 Å². The molecule has 0 unspecified atom stereocenters. The minimum Gasteiger partial charge on any atom is -0.446 e. The van der Waals surface area contributed by atoms with Gasteiger partial charge < -0.3 is 21.3 Å². The molecule has 0 aliphatic rings. The number of aromatic nitrogens is 1. The van der Waals surface area contributed by atoms with E-state index in [4.69, 9.17) is 27.8 Å². The molecule has 5 N–H and O–H groups in total. The second-order valence-electron chi connectivity index (χ2n) is 7.04. The fourth-order valence-electron chi connectivity index (χ4n) is 2.18. The van der Waals surface area contributed by atoms with Gasteiger partial charge in [-0.05, 0) is 67.6 Å². The average molecular weight is 456 g/mol. The third kappa shape index (κ3) is 7.36. The molecule has 0 aliphatic carbocycles. The molecule has 0 amide bonds. The van der Waals surface area contributed by atoms with Gasteiger partial charge in [0.15, 0.2) is 5.09 Å². The fourth-order valence-corrected chi connectivity index (χ4v) is 3.16. The highest BCUT2D eigenvalue weighted by Gasteiger charge is 2.17. The van der Waals surface area contributed by atoms with Gasteiger partial charge in [0, 0.05) is 27.9 Å². The molecule has 0 bridgehead atoms. The maximum absolute atomic E-state index is 10.1. The average Bonchev–Trinajstić information content (AvgIpc) is 2.74. The van der Waals surface area contributed by atoms with Crippen LogP contribution >= 0.6 is 23.4 Å². The number of allylic oxidation sites excluding steroid dienone is 1. The molecule has 0 radical (unpaired) electrons. The van der Waals surface area contributed by atoms with E-state index in [1.54, 1.807) is 56.5 Å². The molecule has 0 saturated carbocycles. The van der Waals surface area contributed by atoms with Crippen LogP contribution in [0.25, 0.3) is 5.76 Å². The lowest BCUT2D eigenvalue weighted by Gasteiger charge is -2.18. The highest BCUT2D eigenvalue weighted by Crippen LogP contribution is 2.34. The first-order chi connectivity index (χ1) is 14.6. The second-order valence-corrected chi connectivity index (χ2v) is 8.52. The van der Waals surface area contributed by atoms with Crippen molar-refractivity contribution in [2.45, 2.75) is 24.3 Å². The third-order valence-electron chi connectivity index (χ3n) is 4.15. The van der Waals surface area contributed by atoms with Gasteiger partial charge in [-0.25, -0.2) is 0 Å². The number of benzene rings is 1. The van der Waals surface area contributed by atoms with E-state index in [0.717, 1.165) is 4.90 Å². The molecule has 162 valence electrons. The summed E-state index contributed by atoms with van der Waals surface area (Å²) in [4.78, 5) is 5.11. The highest BCUT2D eigenvalue weighted by atomic mass is 35.5. The number of thioether (sulfide) groups is 1. The molecule has 2 rings (SSSR count). The molecule has 0 aliphatic heterocycles. The Hall–Kier alpha value is -2.93. The number of ether oxygens (including phenoxy) is 1. The van der Waals surface area contributed by atoms with Gasteiger partial charge in [-0.3, -0.25) is 4.98 Å². The van der Waals surface area contributed by atoms with Crippen molar-refractivity contribution in [1.82, 2.24) is 4.98 Å². The van der Waals surface area contributed by atoms with Gasteiger partial charge in [0.1, 0.15) is 11.5 Å². The summed E-state index contributed by atoms with van der Waals surface area (Å²) in [5.41, 5.74) is 13.1. The maximum atomic E-state index is 10.1. The molecule has 0 spiro atoms. The highest BCUT2D eigenvalue weighted by molar-refractivity contribution is 8.03. The van der Waals surface area contributed by atoms with E-state index in [0.29, 0.717) is 38.4 Å². The molecule has 7 heteroatoms. The minimum atomic E-state index is -1.07. The van der Waals surface area contributed by atoms with Crippen LogP contribution in [-0.4, -0.2) is 15.7 Å². The number of aliphatic hydroxyl groups is 1. The summed E-state index contributed by atoms with van der Waals surface area (Å²) in [5, 5.41) is 11.1. The summed E-state index contributed by atoms with van der Waals surface area (Å²) in [6.07, 6.45) is 6.34. The lowest BCUT2D eigenvalue weighted by Crippen LogP contribution is -2.19. The van der Waals surface area contributed by atoms with Gasteiger partial charge in [0.25, 0.3) is 0 Å². The first kappa shape index (κ1) is 24.3. The van der Waals surface area contributed by atoms with E-state index in [9.17, 15) is 5.11 Å². The predicted molar refractivity (Wildman–Crippen MR) is 130 cm³/mol. The molecule has 1 aromatic carbocycles. The summed E-state index contributed by atoms with van der Waals surface area (Å²) in [5.74, 6) is 0.335. The molecule has 0 atom stereocenters. The van der Waals surface area contributed by atoms with Crippen LogP contribution in [0.1, 0.15) is 19.5 Å². The van der Waals surface area contributed by atoms with Crippen molar-refractivity contribution >= 4 is 29.1 Å². The van der Waals surface area contributed by atoms with Crippen molar-refractivity contribution in [3.63, 3.8) is 0 Å². The minimum absolute atomic E-state index is 0.291. The number of halogens is 1. The Kier molecular flexibility index (Phi) is 8.56. The Balaban J connectivity index is 2.40. The van der Waals surface area contributed by atoms with Crippen LogP contribution in [0.2, 0.25) is 5.02 Å². The van der Waals surface area contributed by atoms with Gasteiger partial charge in [-0.1, -0.05) is 43.0 Å². The summed E-state index contributed by atoms with van der Waals surface area (Å²) in [6.45, 7) is 11.1. The Labute approximate surface area is 192 Å². The Morgan fingerprint density at radius 2 is 1.84 bits per heavy atom. The number of hydrogen-bond acceptors (Lipinski definition) is 6. The van der Waals surface area contributed by atoms with Crippen molar-refractivity contribution in [3.05, 3.63) is 113 Å². The summed E-state index contributed by atoms with van der Waals surface area (Å²) in [6, 6.07) is 12.7. The normalized spacial score (nSPS) is 13.1. The fraction of sp³-hybridized carbons (Fsp3) is 0.125. The molecule has 0 saturated heterocycles. The Morgan fingerprint density at radius 1 is 1.16 bits per heavy atom. The van der Waals surface area contributed by atoms with E-state index in [1.165, 1.54) is 18.0 Å². The van der Waals surface area contributed by atoms with Crippen molar-refractivity contribution in [3.8, 4) is 0 Å². The molecule has 1 heterocycles. The number of pyridine rings is 1. The SMILES string of the molecule is C=C(O/C(Sc1ccc(Cl)cc1)=C(N)/C(/C=C\C(=C)C(C)(C)O)=C/N)c1ccccn1. The van der Waals surface area contributed by atoms with Crippen molar-refractivity contribution in [2.75, 3.05) is 0 Å². The van der Waals surface area contributed by atoms with Crippen molar-refractivity contribution < 1.29 is 9.84 Å². The number of rotatable bonds is 9. The lowest BCUT2D eigenvalue weighted by molar-refractivity contribution is 0.124. The van der Waals surface area contributed by atoms with Gasteiger partial charge in [0.2, 0.25) is 0 Å². The Bertz CT molecular complexity index is 1020. The van der Waals surface area contributed by atoms with Gasteiger partial charge in [-0.15, -0.1) is 0 Å². The van der Waals surface area contributed by atoms with E-state index < -0.39 is 5.60 Å². The zero-order valence-corrected chi connectivity index (χ0v) is 19.1. The number of hydrogen-bond donors (Lipinski definition) is 3. The zero-order valence-electron chi connectivity index (χ0n) is 17.5. The monoisotopic (exact) mass is 455 g/mol. The molecular formula is C24H26ClN3O2S. The van der Waals surface area contributed by atoms with Crippen LogP contribution in [0, 0.1) is 0 Å². The smallest absolute Gasteiger partial charge is 0.189 e. The lowest BCUT2D eigenvalue weighted by atomic mass is 9.99. The molecule has 0 fully saturated rings. The van der Waals surface area contributed by atoms with Crippen LogP contribution in [0.4, 0.5) is 0 Å². The van der Waals surface area contributed by atoms with Gasteiger partial charge >= 0.3 is 0 Å². The second kappa shape index (κ2) is 10.9. The molecule has 31 heavy (non-hydrogen) atoms. The summed E-state index contributed by atoms with van der Waals surface area (Å²) in [7, 11) is 0. The largest absolute Gasteiger partial charge is 0.446 e. The van der Waals surface area contributed by atoms with Crippen molar-refractivity contribution in [1.29, 1.82) is 0 Å². The van der Waals surface area contributed by atoms with Crippen LogP contribution in [-0.2, 0) is 4.74 Å². The van der Waals surface area contributed by atoms with E-state index in [1.807, 2.05) is 18.2 Å².